The Labute approximate surface area is 110 Å². The Bertz CT molecular complexity index is 523. The summed E-state index contributed by atoms with van der Waals surface area (Å²) in [7, 11) is -3.08. The Kier molecular flexibility index (Phi) is 5.41. The van der Waals surface area contributed by atoms with Crippen molar-refractivity contribution in [2.45, 2.75) is 19.5 Å². The second kappa shape index (κ2) is 6.60. The number of ether oxygens (including phenoxy) is 1. The number of alkyl halides is 2. The van der Waals surface area contributed by atoms with Crippen molar-refractivity contribution in [1.82, 2.24) is 0 Å². The van der Waals surface area contributed by atoms with Crippen LogP contribution in [0, 0.1) is 0 Å². The molecule has 0 atom stereocenters. The van der Waals surface area contributed by atoms with E-state index in [1.165, 1.54) is 24.3 Å². The molecule has 7 heteroatoms. The quantitative estimate of drug-likeness (QED) is 0.723. The minimum atomic E-state index is -3.08. The summed E-state index contributed by atoms with van der Waals surface area (Å²) in [6.45, 7) is -2.91. The number of sulfone groups is 1. The lowest BCUT2D eigenvalue weighted by molar-refractivity contribution is -0.0498. The van der Waals surface area contributed by atoms with Crippen LogP contribution >= 0.6 is 0 Å². The number of Topliss-reactive ketones (excluding diaryl/α,β-unsaturated/α-hetero) is 1. The van der Waals surface area contributed by atoms with Gasteiger partial charge in [0.05, 0.1) is 5.75 Å². The normalized spacial score (nSPS) is 11.6. The molecule has 1 rings (SSSR count). The van der Waals surface area contributed by atoms with E-state index in [2.05, 4.69) is 4.74 Å². The summed E-state index contributed by atoms with van der Waals surface area (Å²) in [5, 5.41) is 0. The maximum Gasteiger partial charge on any atom is 0.387 e. The van der Waals surface area contributed by atoms with Crippen molar-refractivity contribution < 1.29 is 26.7 Å². The highest BCUT2D eigenvalue weighted by atomic mass is 32.2. The average molecular weight is 292 g/mol. The third-order valence-electron chi connectivity index (χ3n) is 2.32. The molecule has 0 heterocycles. The summed E-state index contributed by atoms with van der Waals surface area (Å²) in [4.78, 5) is 11.7. The van der Waals surface area contributed by atoms with Crippen LogP contribution in [0.2, 0.25) is 0 Å². The van der Waals surface area contributed by atoms with Crippen molar-refractivity contribution in [2.24, 2.45) is 0 Å². The number of hydrogen-bond donors (Lipinski definition) is 0. The Morgan fingerprint density at radius 1 is 1.26 bits per heavy atom. The molecule has 4 nitrogen and oxygen atoms in total. The van der Waals surface area contributed by atoms with E-state index in [0.717, 1.165) is 6.26 Å². The average Bonchev–Trinajstić information content (AvgIpc) is 2.27. The molecule has 106 valence electrons. The van der Waals surface area contributed by atoms with Crippen molar-refractivity contribution in [3.05, 3.63) is 29.8 Å². The molecule has 0 fully saturated rings. The molecule has 0 saturated heterocycles. The van der Waals surface area contributed by atoms with Crippen LogP contribution in [0.4, 0.5) is 8.78 Å². The van der Waals surface area contributed by atoms with Gasteiger partial charge in [0.2, 0.25) is 0 Å². The van der Waals surface area contributed by atoms with E-state index < -0.39 is 16.4 Å². The van der Waals surface area contributed by atoms with Crippen LogP contribution in [-0.2, 0) is 9.84 Å². The molecule has 0 spiro atoms. The van der Waals surface area contributed by atoms with Gasteiger partial charge in [-0.2, -0.15) is 8.78 Å². The van der Waals surface area contributed by atoms with Crippen molar-refractivity contribution in [3.63, 3.8) is 0 Å². The molecule has 0 aliphatic rings. The molecule has 0 unspecified atom stereocenters. The number of rotatable bonds is 7. The highest BCUT2D eigenvalue weighted by Gasteiger charge is 2.09. The van der Waals surface area contributed by atoms with Crippen LogP contribution in [0.3, 0.4) is 0 Å². The Balaban J connectivity index is 2.53. The summed E-state index contributed by atoms with van der Waals surface area (Å²) < 4.78 is 49.8. The van der Waals surface area contributed by atoms with Crippen molar-refractivity contribution in [3.8, 4) is 5.75 Å². The zero-order valence-electron chi connectivity index (χ0n) is 10.3. The lowest BCUT2D eigenvalue weighted by Crippen LogP contribution is -2.07. The van der Waals surface area contributed by atoms with Gasteiger partial charge < -0.3 is 4.74 Å². The molecular weight excluding hydrogens is 278 g/mol. The molecule has 0 radical (unpaired) electrons. The lowest BCUT2D eigenvalue weighted by Gasteiger charge is -2.05. The second-order valence-corrected chi connectivity index (χ2v) is 6.32. The maximum atomic E-state index is 11.9. The molecule has 1 aromatic carbocycles. The van der Waals surface area contributed by atoms with Crippen LogP contribution in [0.1, 0.15) is 23.2 Å². The van der Waals surface area contributed by atoms with Crippen LogP contribution in [0.15, 0.2) is 24.3 Å². The zero-order chi connectivity index (χ0) is 14.5. The zero-order valence-corrected chi connectivity index (χ0v) is 11.1. The topological polar surface area (TPSA) is 60.4 Å². The standard InChI is InChI=1S/C12H14F2O4S/c1-19(16,17)8-2-3-11(15)9-4-6-10(7-5-9)18-12(13)14/h4-7,12H,2-3,8H2,1H3. The van der Waals surface area contributed by atoms with Crippen LogP contribution in [0.5, 0.6) is 5.75 Å². The Morgan fingerprint density at radius 2 is 1.84 bits per heavy atom. The predicted molar refractivity (Wildman–Crippen MR) is 66.3 cm³/mol. The highest BCUT2D eigenvalue weighted by Crippen LogP contribution is 2.16. The second-order valence-electron chi connectivity index (χ2n) is 4.06. The number of benzene rings is 1. The number of hydrogen-bond acceptors (Lipinski definition) is 4. The van der Waals surface area contributed by atoms with E-state index in [1.807, 2.05) is 0 Å². The van der Waals surface area contributed by atoms with Crippen molar-refractivity contribution in [1.29, 1.82) is 0 Å². The first-order valence-corrected chi connectivity index (χ1v) is 7.60. The summed E-state index contributed by atoms with van der Waals surface area (Å²) in [6, 6.07) is 5.30. The van der Waals surface area contributed by atoms with E-state index in [1.54, 1.807) is 0 Å². The van der Waals surface area contributed by atoms with Crippen LogP contribution in [-0.4, -0.2) is 32.8 Å². The fraction of sp³-hybridized carbons (Fsp3) is 0.417. The van der Waals surface area contributed by atoms with E-state index in [0.29, 0.717) is 5.56 Å². The third-order valence-corrected chi connectivity index (χ3v) is 3.35. The molecule has 0 aliphatic heterocycles. The largest absolute Gasteiger partial charge is 0.435 e. The predicted octanol–water partition coefficient (Wildman–Crippen LogP) is 2.30. The van der Waals surface area contributed by atoms with Gasteiger partial charge in [-0.1, -0.05) is 0 Å². The number of carbonyl (C=O) groups excluding carboxylic acids is 1. The fourth-order valence-corrected chi connectivity index (χ4v) is 2.13. The minimum Gasteiger partial charge on any atom is -0.435 e. The van der Waals surface area contributed by atoms with Gasteiger partial charge in [0, 0.05) is 18.2 Å². The summed E-state index contributed by atoms with van der Waals surface area (Å²) in [5.41, 5.74) is 0.343. The molecule has 0 saturated carbocycles. The van der Waals surface area contributed by atoms with Gasteiger partial charge in [0.1, 0.15) is 15.6 Å². The molecule has 0 aromatic heterocycles. The molecule has 0 bridgehead atoms. The maximum absolute atomic E-state index is 11.9. The highest BCUT2D eigenvalue weighted by molar-refractivity contribution is 7.90. The van der Waals surface area contributed by atoms with Gasteiger partial charge in [0.25, 0.3) is 0 Å². The fourth-order valence-electron chi connectivity index (χ4n) is 1.46. The van der Waals surface area contributed by atoms with Gasteiger partial charge in [-0.15, -0.1) is 0 Å². The van der Waals surface area contributed by atoms with Gasteiger partial charge in [-0.05, 0) is 30.7 Å². The van der Waals surface area contributed by atoms with Crippen molar-refractivity contribution in [2.75, 3.05) is 12.0 Å². The smallest absolute Gasteiger partial charge is 0.387 e. The van der Waals surface area contributed by atoms with Gasteiger partial charge in [-0.3, -0.25) is 4.79 Å². The van der Waals surface area contributed by atoms with Crippen LogP contribution < -0.4 is 4.74 Å². The molecule has 1 aromatic rings. The summed E-state index contributed by atoms with van der Waals surface area (Å²) in [6.07, 6.45) is 1.45. The molecule has 0 N–H and O–H groups in total. The Hall–Kier alpha value is -1.50. The van der Waals surface area contributed by atoms with Gasteiger partial charge in [-0.25, -0.2) is 8.42 Å². The third kappa shape index (κ3) is 6.28. The van der Waals surface area contributed by atoms with E-state index in [-0.39, 0.29) is 30.1 Å². The summed E-state index contributed by atoms with van der Waals surface area (Å²) >= 11 is 0. The minimum absolute atomic E-state index is 0.0253. The molecule has 19 heavy (non-hydrogen) atoms. The van der Waals surface area contributed by atoms with Crippen LogP contribution in [0.25, 0.3) is 0 Å². The Morgan fingerprint density at radius 3 is 2.32 bits per heavy atom. The first-order chi connectivity index (χ1) is 8.78. The van der Waals surface area contributed by atoms with E-state index in [9.17, 15) is 22.0 Å². The van der Waals surface area contributed by atoms with E-state index in [4.69, 9.17) is 0 Å². The number of halogens is 2. The van der Waals surface area contributed by atoms with Crippen molar-refractivity contribution >= 4 is 15.6 Å². The molecule has 0 aliphatic carbocycles. The van der Waals surface area contributed by atoms with Gasteiger partial charge in [0.15, 0.2) is 5.78 Å². The molecular formula is C12H14F2O4S. The number of carbonyl (C=O) groups is 1. The van der Waals surface area contributed by atoms with Gasteiger partial charge >= 0.3 is 6.61 Å². The summed E-state index contributed by atoms with van der Waals surface area (Å²) in [5.74, 6) is -0.305. The first kappa shape index (κ1) is 15.6. The number of ketones is 1. The SMILES string of the molecule is CS(=O)(=O)CCCC(=O)c1ccc(OC(F)F)cc1. The molecule has 0 amide bonds. The first-order valence-electron chi connectivity index (χ1n) is 5.54. The lowest BCUT2D eigenvalue weighted by atomic mass is 10.1. The monoisotopic (exact) mass is 292 g/mol. The van der Waals surface area contributed by atoms with E-state index >= 15 is 0 Å².